The van der Waals surface area contributed by atoms with Gasteiger partial charge in [-0.3, -0.25) is 4.72 Å². The first-order valence-corrected chi connectivity index (χ1v) is 11.7. The molecule has 0 unspecified atom stereocenters. The van der Waals surface area contributed by atoms with Gasteiger partial charge in [0.05, 0.1) is 0 Å². The van der Waals surface area contributed by atoms with Crippen LogP contribution in [0, 0.1) is 13.8 Å². The lowest BCUT2D eigenvalue weighted by atomic mass is 10.0. The van der Waals surface area contributed by atoms with Crippen molar-refractivity contribution in [3.63, 3.8) is 0 Å². The summed E-state index contributed by atoms with van der Waals surface area (Å²) in [4.78, 5) is 0. The minimum Gasteiger partial charge on any atom is -0.508 e. The van der Waals surface area contributed by atoms with Crippen LogP contribution in [-0.2, 0) is 6.42 Å². The fraction of sp³-hybridized carbons (Fsp3) is 0.500. The molecule has 2 aromatic carbocycles. The first-order chi connectivity index (χ1) is 13.6. The van der Waals surface area contributed by atoms with Crippen molar-refractivity contribution in [2.75, 3.05) is 12.8 Å². The van der Waals surface area contributed by atoms with Crippen molar-refractivity contribution in [3.8, 4) is 17.2 Å². The van der Waals surface area contributed by atoms with Crippen molar-refractivity contribution in [2.24, 2.45) is 0 Å². The minimum atomic E-state index is 0.245. The van der Waals surface area contributed by atoms with Crippen LogP contribution in [0.2, 0.25) is 0 Å². The highest BCUT2D eigenvalue weighted by Crippen LogP contribution is 2.30. The molecule has 0 radical (unpaired) electrons. The van der Waals surface area contributed by atoms with Gasteiger partial charge in [-0.2, -0.15) is 0 Å². The molecule has 0 aromatic heterocycles. The van der Waals surface area contributed by atoms with Gasteiger partial charge in [0, 0.05) is 6.54 Å². The third-order valence-corrected chi connectivity index (χ3v) is 3.96. The number of phenols is 1. The lowest BCUT2D eigenvalue weighted by molar-refractivity contribution is 0.461. The molecule has 0 fully saturated rings. The van der Waals surface area contributed by atoms with Gasteiger partial charge in [-0.1, -0.05) is 65.6 Å². The molecule has 0 atom stereocenters. The topological polar surface area (TPSA) is 41.5 Å². The van der Waals surface area contributed by atoms with Gasteiger partial charge in [-0.25, -0.2) is 0 Å². The number of hydrogen-bond acceptors (Lipinski definition) is 4. The van der Waals surface area contributed by atoms with Crippen LogP contribution in [0.1, 0.15) is 64.7 Å². The summed E-state index contributed by atoms with van der Waals surface area (Å²) in [5.74, 6) is 1.88. The molecule has 2 aromatic rings. The Labute approximate surface area is 178 Å². The van der Waals surface area contributed by atoms with Gasteiger partial charge in [-0.05, 0) is 73.9 Å². The quantitative estimate of drug-likeness (QED) is 0.365. The fourth-order valence-corrected chi connectivity index (χ4v) is 2.79. The molecule has 160 valence electrons. The molecule has 0 aliphatic heterocycles. The third-order valence-electron chi connectivity index (χ3n) is 3.47. The van der Waals surface area contributed by atoms with E-state index in [1.165, 1.54) is 5.56 Å². The second-order valence-electron chi connectivity index (χ2n) is 5.36. The summed E-state index contributed by atoms with van der Waals surface area (Å²) < 4.78 is 9.23. The molecule has 0 saturated carbocycles. The fourth-order valence-electron chi connectivity index (χ4n) is 2.44. The number of rotatable bonds is 7. The molecule has 2 N–H and O–H groups in total. The van der Waals surface area contributed by atoms with Gasteiger partial charge in [0.25, 0.3) is 0 Å². The second-order valence-corrected chi connectivity index (χ2v) is 6.05. The van der Waals surface area contributed by atoms with E-state index < -0.39 is 0 Å². The molecule has 0 amide bonds. The van der Waals surface area contributed by atoms with E-state index in [2.05, 4.69) is 30.7 Å². The summed E-state index contributed by atoms with van der Waals surface area (Å²) in [5, 5.41) is 9.33. The van der Waals surface area contributed by atoms with Crippen LogP contribution >= 0.6 is 11.9 Å². The first kappa shape index (κ1) is 28.6. The highest BCUT2D eigenvalue weighted by atomic mass is 32.2. The largest absolute Gasteiger partial charge is 0.508 e. The predicted molar refractivity (Wildman–Crippen MR) is 128 cm³/mol. The van der Waals surface area contributed by atoms with Gasteiger partial charge in [0.15, 0.2) is 0 Å². The lowest BCUT2D eigenvalue weighted by Gasteiger charge is -2.14. The normalized spacial score (nSPS) is 9.04. The molecule has 3 nitrogen and oxygen atoms in total. The summed E-state index contributed by atoms with van der Waals surface area (Å²) in [6.45, 7) is 17.2. The van der Waals surface area contributed by atoms with Crippen LogP contribution in [0.15, 0.2) is 36.4 Å². The summed E-state index contributed by atoms with van der Waals surface area (Å²) >= 11 is 1.66. The third kappa shape index (κ3) is 11.3. The van der Waals surface area contributed by atoms with Crippen LogP contribution in [-0.4, -0.2) is 17.9 Å². The molecule has 0 aliphatic rings. The zero-order chi connectivity index (χ0) is 21.9. The van der Waals surface area contributed by atoms with Gasteiger partial charge >= 0.3 is 0 Å². The molecule has 4 heteroatoms. The van der Waals surface area contributed by atoms with Crippen molar-refractivity contribution >= 4 is 11.9 Å². The molecule has 0 saturated heterocycles. The summed E-state index contributed by atoms with van der Waals surface area (Å²) in [6.07, 6.45) is 4.23. The van der Waals surface area contributed by atoms with Crippen LogP contribution in [0.3, 0.4) is 0 Å². The maximum atomic E-state index is 9.33. The lowest BCUT2D eigenvalue weighted by Crippen LogP contribution is -2.05. The van der Waals surface area contributed by atoms with Crippen molar-refractivity contribution in [3.05, 3.63) is 53.1 Å². The van der Waals surface area contributed by atoms with Crippen molar-refractivity contribution in [1.29, 1.82) is 0 Å². The number of hydrogen-bond donors (Lipinski definition) is 2. The predicted octanol–water partition coefficient (Wildman–Crippen LogP) is 7.68. The zero-order valence-electron chi connectivity index (χ0n) is 19.3. The summed E-state index contributed by atoms with van der Waals surface area (Å²) in [5.41, 5.74) is 3.62. The summed E-state index contributed by atoms with van der Waals surface area (Å²) in [7, 11) is 0. The Kier molecular flexibility index (Phi) is 19.1. The molecule has 2 rings (SSSR count). The van der Waals surface area contributed by atoms with E-state index in [9.17, 15) is 5.11 Å². The standard InChI is InChI=1S/C18H23NO2S.3C2H6/c1-13-11-15(5-4-10-19-22-3)12-14(2)18(13)21-17-8-6-16(20)7-9-17;3*1-2/h6-9,11-12,19-20H,4-5,10H2,1-3H3;3*1-2H3. The second kappa shape index (κ2) is 18.7. The summed E-state index contributed by atoms with van der Waals surface area (Å²) in [6, 6.07) is 11.2. The maximum Gasteiger partial charge on any atom is 0.133 e. The number of nitrogens with one attached hydrogen (secondary N) is 1. The Morgan fingerprint density at radius 2 is 1.39 bits per heavy atom. The van der Waals surface area contributed by atoms with Crippen LogP contribution < -0.4 is 9.46 Å². The number of phenolic OH excluding ortho intramolecular Hbond substituents is 1. The van der Waals surface area contributed by atoms with Gasteiger partial charge in [-0.15, -0.1) is 0 Å². The van der Waals surface area contributed by atoms with E-state index in [-0.39, 0.29) is 5.75 Å². The SMILES string of the molecule is CC.CC.CC.CSNCCCc1cc(C)c(Oc2ccc(O)cc2)c(C)c1. The number of aryl methyl sites for hydroxylation is 3. The van der Waals surface area contributed by atoms with E-state index in [0.717, 1.165) is 42.0 Å². The van der Waals surface area contributed by atoms with Crippen molar-refractivity contribution in [1.82, 2.24) is 4.72 Å². The zero-order valence-corrected chi connectivity index (χ0v) is 20.2. The highest BCUT2D eigenvalue weighted by Gasteiger charge is 2.08. The minimum absolute atomic E-state index is 0.245. The number of aromatic hydroxyl groups is 1. The van der Waals surface area contributed by atoms with E-state index >= 15 is 0 Å². The van der Waals surface area contributed by atoms with Crippen LogP contribution in [0.4, 0.5) is 0 Å². The monoisotopic (exact) mass is 407 g/mol. The van der Waals surface area contributed by atoms with E-state index in [0.29, 0.717) is 0 Å². The van der Waals surface area contributed by atoms with E-state index in [4.69, 9.17) is 4.74 Å². The smallest absolute Gasteiger partial charge is 0.133 e. The molecular formula is C24H41NO2S. The Morgan fingerprint density at radius 3 is 1.86 bits per heavy atom. The van der Waals surface area contributed by atoms with Gasteiger partial charge in [0.2, 0.25) is 0 Å². The average molecular weight is 408 g/mol. The van der Waals surface area contributed by atoms with Crippen LogP contribution in [0.5, 0.6) is 17.2 Å². The van der Waals surface area contributed by atoms with E-state index in [1.807, 2.05) is 47.8 Å². The van der Waals surface area contributed by atoms with Crippen molar-refractivity contribution < 1.29 is 9.84 Å². The molecule has 0 spiro atoms. The van der Waals surface area contributed by atoms with Crippen molar-refractivity contribution in [2.45, 2.75) is 68.2 Å². The Hall–Kier alpha value is -1.65. The molecule has 28 heavy (non-hydrogen) atoms. The number of ether oxygens (including phenoxy) is 1. The Balaban J connectivity index is 0. The Morgan fingerprint density at radius 1 is 0.893 bits per heavy atom. The number of benzene rings is 2. The molecule has 0 heterocycles. The Bertz CT molecular complexity index is 589. The van der Waals surface area contributed by atoms with E-state index in [1.54, 1.807) is 36.2 Å². The highest BCUT2D eigenvalue weighted by molar-refractivity contribution is 7.96. The average Bonchev–Trinajstić information content (AvgIpc) is 2.74. The maximum absolute atomic E-state index is 9.33. The molecule has 0 bridgehead atoms. The molecular weight excluding hydrogens is 366 g/mol. The molecule has 0 aliphatic carbocycles. The van der Waals surface area contributed by atoms with Crippen LogP contribution in [0.25, 0.3) is 0 Å². The van der Waals surface area contributed by atoms with Gasteiger partial charge < -0.3 is 9.84 Å². The first-order valence-electron chi connectivity index (χ1n) is 10.4. The van der Waals surface area contributed by atoms with Gasteiger partial charge in [0.1, 0.15) is 17.2 Å².